The van der Waals surface area contributed by atoms with E-state index in [9.17, 15) is 4.39 Å². The summed E-state index contributed by atoms with van der Waals surface area (Å²) in [6.45, 7) is 0. The highest BCUT2D eigenvalue weighted by Gasteiger charge is 2.53. The molecule has 0 saturated heterocycles. The van der Waals surface area contributed by atoms with Crippen molar-refractivity contribution in [1.29, 1.82) is 0 Å². The predicted octanol–water partition coefficient (Wildman–Crippen LogP) is 5.85. The van der Waals surface area contributed by atoms with Gasteiger partial charge in [-0.2, -0.15) is 0 Å². The summed E-state index contributed by atoms with van der Waals surface area (Å²) >= 11 is 3.93. The maximum absolute atomic E-state index is 13.9. The van der Waals surface area contributed by atoms with Crippen LogP contribution in [0.5, 0.6) is 0 Å². The molecule has 0 spiro atoms. The van der Waals surface area contributed by atoms with Gasteiger partial charge in [-0.1, -0.05) is 59.1 Å². The Bertz CT molecular complexity index is 639. The second-order valence-corrected chi connectivity index (χ2v) is 7.26. The van der Waals surface area contributed by atoms with E-state index in [2.05, 4.69) is 15.9 Å². The molecular weight excluding hydrogens is 315 g/mol. The molecule has 2 aromatic carbocycles. The average Bonchev–Trinajstić information content (AvgIpc) is 3.22. The number of fused-ring (bicyclic) bond motifs is 2. The quantitative estimate of drug-likeness (QED) is 0.605. The summed E-state index contributed by atoms with van der Waals surface area (Å²) in [5.41, 5.74) is 1.27. The van der Waals surface area contributed by atoms with Crippen LogP contribution in [0.4, 0.5) is 4.39 Å². The SMILES string of the molecule is Fc1ccc(C(Br)C2C3CCCCC32)c2ccccc12. The van der Waals surface area contributed by atoms with Crippen molar-refractivity contribution in [2.45, 2.75) is 30.5 Å². The Kier molecular flexibility index (Phi) is 3.10. The van der Waals surface area contributed by atoms with E-state index < -0.39 is 0 Å². The fourth-order valence-electron chi connectivity index (χ4n) is 4.22. The summed E-state index contributed by atoms with van der Waals surface area (Å²) < 4.78 is 13.9. The number of halogens is 2. The first-order chi connectivity index (χ1) is 9.77. The number of benzene rings is 2. The molecule has 0 aromatic heterocycles. The highest BCUT2D eigenvalue weighted by molar-refractivity contribution is 9.09. The van der Waals surface area contributed by atoms with Crippen LogP contribution in [0.3, 0.4) is 0 Å². The molecule has 20 heavy (non-hydrogen) atoms. The topological polar surface area (TPSA) is 0 Å². The molecule has 0 nitrogen and oxygen atoms in total. The number of alkyl halides is 1. The van der Waals surface area contributed by atoms with E-state index in [1.165, 1.54) is 31.2 Å². The smallest absolute Gasteiger partial charge is 0.131 e. The Morgan fingerprint density at radius 3 is 2.30 bits per heavy atom. The van der Waals surface area contributed by atoms with E-state index in [0.29, 0.717) is 4.83 Å². The van der Waals surface area contributed by atoms with Gasteiger partial charge in [0.2, 0.25) is 0 Å². The molecule has 2 aromatic rings. The van der Waals surface area contributed by atoms with E-state index in [1.807, 2.05) is 30.3 Å². The van der Waals surface area contributed by atoms with Crippen LogP contribution in [0, 0.1) is 23.6 Å². The van der Waals surface area contributed by atoms with Gasteiger partial charge in [0.15, 0.2) is 0 Å². The molecule has 104 valence electrons. The zero-order valence-corrected chi connectivity index (χ0v) is 12.9. The molecule has 0 N–H and O–H groups in total. The molecule has 2 saturated carbocycles. The van der Waals surface area contributed by atoms with Gasteiger partial charge in [0.05, 0.1) is 0 Å². The Hall–Kier alpha value is -0.890. The third-order valence-electron chi connectivity index (χ3n) is 5.26. The molecule has 3 atom stereocenters. The lowest BCUT2D eigenvalue weighted by molar-refractivity contribution is 0.480. The van der Waals surface area contributed by atoms with Crippen LogP contribution in [-0.2, 0) is 0 Å². The van der Waals surface area contributed by atoms with Gasteiger partial charge >= 0.3 is 0 Å². The molecule has 0 radical (unpaired) electrons. The molecule has 2 aliphatic rings. The van der Waals surface area contributed by atoms with Gasteiger partial charge in [-0.05, 0) is 47.6 Å². The van der Waals surface area contributed by atoms with Crippen molar-refractivity contribution in [3.8, 4) is 0 Å². The molecule has 4 rings (SSSR count). The van der Waals surface area contributed by atoms with E-state index in [-0.39, 0.29) is 5.82 Å². The van der Waals surface area contributed by atoms with Crippen LogP contribution in [-0.4, -0.2) is 0 Å². The Morgan fingerprint density at radius 2 is 1.60 bits per heavy atom. The summed E-state index contributed by atoms with van der Waals surface area (Å²) in [7, 11) is 0. The summed E-state index contributed by atoms with van der Waals surface area (Å²) in [6.07, 6.45) is 5.55. The minimum atomic E-state index is -0.114. The Balaban J connectivity index is 1.73. The largest absolute Gasteiger partial charge is 0.206 e. The number of rotatable bonds is 2. The summed E-state index contributed by atoms with van der Waals surface area (Å²) in [5, 5.41) is 1.82. The van der Waals surface area contributed by atoms with E-state index in [4.69, 9.17) is 0 Å². The summed E-state index contributed by atoms with van der Waals surface area (Å²) in [6, 6.07) is 11.4. The first kappa shape index (κ1) is 12.8. The van der Waals surface area contributed by atoms with Crippen LogP contribution in [0.2, 0.25) is 0 Å². The van der Waals surface area contributed by atoms with Crippen molar-refractivity contribution in [3.63, 3.8) is 0 Å². The van der Waals surface area contributed by atoms with Crippen molar-refractivity contribution in [2.75, 3.05) is 0 Å². The second kappa shape index (κ2) is 4.84. The third kappa shape index (κ3) is 1.92. The molecule has 0 aliphatic heterocycles. The molecule has 0 bridgehead atoms. The van der Waals surface area contributed by atoms with Gasteiger partial charge < -0.3 is 0 Å². The molecule has 3 unspecified atom stereocenters. The maximum atomic E-state index is 13.9. The van der Waals surface area contributed by atoms with Crippen molar-refractivity contribution in [2.24, 2.45) is 17.8 Å². The minimum Gasteiger partial charge on any atom is -0.206 e. The Morgan fingerprint density at radius 1 is 0.950 bits per heavy atom. The highest BCUT2D eigenvalue weighted by Crippen LogP contribution is 2.63. The molecule has 2 heteroatoms. The maximum Gasteiger partial charge on any atom is 0.131 e. The lowest BCUT2D eigenvalue weighted by Crippen LogP contribution is -1.97. The number of hydrogen-bond acceptors (Lipinski definition) is 0. The van der Waals surface area contributed by atoms with Crippen LogP contribution >= 0.6 is 15.9 Å². The van der Waals surface area contributed by atoms with Gasteiger partial charge in [-0.25, -0.2) is 4.39 Å². The van der Waals surface area contributed by atoms with Gasteiger partial charge in [0, 0.05) is 10.2 Å². The zero-order chi connectivity index (χ0) is 13.7. The van der Waals surface area contributed by atoms with Crippen LogP contribution in [0.15, 0.2) is 36.4 Å². The second-order valence-electron chi connectivity index (χ2n) is 6.27. The zero-order valence-electron chi connectivity index (χ0n) is 11.4. The van der Waals surface area contributed by atoms with E-state index in [0.717, 1.165) is 28.5 Å². The van der Waals surface area contributed by atoms with Crippen LogP contribution < -0.4 is 0 Å². The minimum absolute atomic E-state index is 0.114. The molecule has 2 fully saturated rings. The standard InChI is InChI=1S/C18H18BrF/c19-18(17-13-7-3-4-8-14(13)17)15-9-10-16(20)12-6-2-1-5-11(12)15/h1-2,5-6,9-10,13-14,17-18H,3-4,7-8H2. The summed E-state index contributed by atoms with van der Waals surface area (Å²) in [4.78, 5) is 0.376. The van der Waals surface area contributed by atoms with E-state index in [1.54, 1.807) is 6.07 Å². The first-order valence-corrected chi connectivity index (χ1v) is 8.50. The third-order valence-corrected chi connectivity index (χ3v) is 6.37. The lowest BCUT2D eigenvalue weighted by atomic mass is 9.98. The first-order valence-electron chi connectivity index (χ1n) is 7.58. The molecule has 2 aliphatic carbocycles. The molecule has 0 heterocycles. The normalized spacial score (nSPS) is 30.0. The predicted molar refractivity (Wildman–Crippen MR) is 84.5 cm³/mol. The van der Waals surface area contributed by atoms with Crippen LogP contribution in [0.1, 0.15) is 36.1 Å². The highest BCUT2D eigenvalue weighted by atomic mass is 79.9. The Labute approximate surface area is 127 Å². The van der Waals surface area contributed by atoms with Crippen molar-refractivity contribution in [3.05, 3.63) is 47.8 Å². The number of hydrogen-bond donors (Lipinski definition) is 0. The van der Waals surface area contributed by atoms with Crippen LogP contribution in [0.25, 0.3) is 10.8 Å². The van der Waals surface area contributed by atoms with Gasteiger partial charge in [-0.3, -0.25) is 0 Å². The molecule has 0 amide bonds. The molecular formula is C18H18BrF. The van der Waals surface area contributed by atoms with E-state index >= 15 is 0 Å². The van der Waals surface area contributed by atoms with Gasteiger partial charge in [-0.15, -0.1) is 0 Å². The van der Waals surface area contributed by atoms with Gasteiger partial charge in [0.1, 0.15) is 5.82 Å². The van der Waals surface area contributed by atoms with Crippen molar-refractivity contribution in [1.82, 2.24) is 0 Å². The average molecular weight is 333 g/mol. The fourth-order valence-corrected chi connectivity index (χ4v) is 5.40. The van der Waals surface area contributed by atoms with Crippen molar-refractivity contribution < 1.29 is 4.39 Å². The monoisotopic (exact) mass is 332 g/mol. The van der Waals surface area contributed by atoms with Gasteiger partial charge in [0.25, 0.3) is 0 Å². The summed E-state index contributed by atoms with van der Waals surface area (Å²) in [5.74, 6) is 2.44. The fraction of sp³-hybridized carbons (Fsp3) is 0.444. The lowest BCUT2D eigenvalue weighted by Gasteiger charge is -2.14. The van der Waals surface area contributed by atoms with Crippen molar-refractivity contribution >= 4 is 26.7 Å².